The first kappa shape index (κ1) is 17.9. The number of hydrogen-bond donors (Lipinski definition) is 1. The topological polar surface area (TPSA) is 63.7 Å². The van der Waals surface area contributed by atoms with Gasteiger partial charge in [0.05, 0.1) is 26.0 Å². The van der Waals surface area contributed by atoms with Crippen molar-refractivity contribution in [1.82, 2.24) is 4.98 Å². The summed E-state index contributed by atoms with van der Waals surface area (Å²) >= 11 is 2.04. The molecule has 2 heterocycles. The molecule has 6 nitrogen and oxygen atoms in total. The van der Waals surface area contributed by atoms with E-state index in [0.717, 1.165) is 0 Å². The molecule has 1 aliphatic heterocycles. The molecule has 1 N–H and O–H groups in total. The predicted molar refractivity (Wildman–Crippen MR) is 101 cm³/mol. The number of nitrogens with one attached hydrogen (secondary N) is 1. The lowest BCUT2D eigenvalue weighted by Crippen LogP contribution is -2.36. The number of carbonyl (C=O) groups excluding carboxylic acids is 1. The Labute approximate surface area is 158 Å². The van der Waals surface area contributed by atoms with Crippen molar-refractivity contribution in [3.8, 4) is 5.88 Å². The molecule has 1 fully saturated rings. The van der Waals surface area contributed by atoms with Gasteiger partial charge in [0.2, 0.25) is 5.88 Å². The summed E-state index contributed by atoms with van der Waals surface area (Å²) in [6.07, 6.45) is 1.56. The smallest absolute Gasteiger partial charge is 0.262 e. The molecular formula is C17H17FIN3O3. The Kier molecular flexibility index (Phi) is 5.69. The summed E-state index contributed by atoms with van der Waals surface area (Å²) in [5, 5.41) is 2.70. The standard InChI is InChI=1S/C17H17FIN3O3/c1-24-17-15(13(19)4-5-20-17)16(23)21-11-2-3-14(12(18)10-11)22-6-8-25-9-7-22/h2-5,10H,6-9H2,1H3,(H,21,23). The van der Waals surface area contributed by atoms with Gasteiger partial charge in [-0.05, 0) is 46.9 Å². The van der Waals surface area contributed by atoms with Crippen LogP contribution in [0.25, 0.3) is 0 Å². The van der Waals surface area contributed by atoms with Crippen LogP contribution in [-0.4, -0.2) is 44.3 Å². The van der Waals surface area contributed by atoms with Gasteiger partial charge in [-0.1, -0.05) is 0 Å². The Hall–Kier alpha value is -1.94. The molecule has 25 heavy (non-hydrogen) atoms. The molecule has 0 radical (unpaired) electrons. The summed E-state index contributed by atoms with van der Waals surface area (Å²) in [5.74, 6) is -0.546. The maximum absolute atomic E-state index is 14.4. The number of anilines is 2. The predicted octanol–water partition coefficient (Wildman–Crippen LogP) is 2.92. The SMILES string of the molecule is COc1nccc(I)c1C(=O)Nc1ccc(N2CCOCC2)c(F)c1. The summed E-state index contributed by atoms with van der Waals surface area (Å²) in [6.45, 7) is 2.45. The fourth-order valence-corrected chi connectivity index (χ4v) is 3.26. The highest BCUT2D eigenvalue weighted by Gasteiger charge is 2.19. The number of halogens is 2. The molecule has 0 atom stereocenters. The van der Waals surface area contributed by atoms with Crippen LogP contribution in [0.5, 0.6) is 5.88 Å². The summed E-state index contributed by atoms with van der Waals surface area (Å²) in [6, 6.07) is 6.38. The van der Waals surface area contributed by atoms with E-state index in [4.69, 9.17) is 9.47 Å². The Morgan fingerprint density at radius 1 is 1.36 bits per heavy atom. The first-order valence-corrected chi connectivity index (χ1v) is 8.80. The van der Waals surface area contributed by atoms with E-state index < -0.39 is 5.91 Å². The van der Waals surface area contributed by atoms with E-state index in [1.165, 1.54) is 13.2 Å². The highest BCUT2D eigenvalue weighted by Crippen LogP contribution is 2.26. The second kappa shape index (κ2) is 7.96. The van der Waals surface area contributed by atoms with Gasteiger partial charge < -0.3 is 19.7 Å². The van der Waals surface area contributed by atoms with E-state index in [1.54, 1.807) is 24.4 Å². The van der Waals surface area contributed by atoms with Crippen LogP contribution in [0.3, 0.4) is 0 Å². The molecule has 2 aromatic rings. The lowest BCUT2D eigenvalue weighted by molar-refractivity contribution is 0.102. The Bertz CT molecular complexity index is 782. The van der Waals surface area contributed by atoms with E-state index >= 15 is 0 Å². The van der Waals surface area contributed by atoms with Crippen LogP contribution in [0, 0.1) is 9.39 Å². The Morgan fingerprint density at radius 3 is 2.80 bits per heavy atom. The molecule has 8 heteroatoms. The van der Waals surface area contributed by atoms with Gasteiger partial charge in [-0.25, -0.2) is 9.37 Å². The van der Waals surface area contributed by atoms with Crippen LogP contribution in [0.1, 0.15) is 10.4 Å². The number of carbonyl (C=O) groups is 1. The van der Waals surface area contributed by atoms with Crippen molar-refractivity contribution in [1.29, 1.82) is 0 Å². The molecule has 0 saturated carbocycles. The summed E-state index contributed by atoms with van der Waals surface area (Å²) in [5.41, 5.74) is 1.21. The van der Waals surface area contributed by atoms with Crippen LogP contribution in [-0.2, 0) is 4.74 Å². The normalized spacial score (nSPS) is 14.3. The molecule has 1 aromatic carbocycles. The quantitative estimate of drug-likeness (QED) is 0.716. The molecule has 1 saturated heterocycles. The maximum atomic E-state index is 14.4. The third-order valence-corrected chi connectivity index (χ3v) is 4.74. The van der Waals surface area contributed by atoms with Gasteiger partial charge in [-0.15, -0.1) is 0 Å². The fraction of sp³-hybridized carbons (Fsp3) is 0.294. The molecule has 0 aliphatic carbocycles. The first-order chi connectivity index (χ1) is 12.1. The van der Waals surface area contributed by atoms with Gasteiger partial charge in [-0.2, -0.15) is 0 Å². The summed E-state index contributed by atoms with van der Waals surface area (Å²) in [7, 11) is 1.45. The fourth-order valence-electron chi connectivity index (χ4n) is 2.62. The van der Waals surface area contributed by atoms with E-state index in [1.807, 2.05) is 27.5 Å². The average Bonchev–Trinajstić information content (AvgIpc) is 2.62. The summed E-state index contributed by atoms with van der Waals surface area (Å²) in [4.78, 5) is 18.5. The zero-order valence-corrected chi connectivity index (χ0v) is 15.7. The van der Waals surface area contributed by atoms with Crippen LogP contribution < -0.4 is 15.0 Å². The van der Waals surface area contributed by atoms with Crippen LogP contribution in [0.2, 0.25) is 0 Å². The summed E-state index contributed by atoms with van der Waals surface area (Å²) < 4.78 is 25.6. The largest absolute Gasteiger partial charge is 0.480 e. The number of pyridine rings is 1. The number of amides is 1. The third-order valence-electron chi connectivity index (χ3n) is 3.84. The van der Waals surface area contributed by atoms with Crippen molar-refractivity contribution in [3.05, 3.63) is 45.4 Å². The molecule has 3 rings (SSSR count). The Balaban J connectivity index is 1.79. The van der Waals surface area contributed by atoms with Gasteiger partial charge in [0.15, 0.2) is 0 Å². The lowest BCUT2D eigenvalue weighted by atomic mass is 10.2. The molecule has 132 valence electrons. The van der Waals surface area contributed by atoms with Crippen molar-refractivity contribution >= 4 is 39.9 Å². The Morgan fingerprint density at radius 2 is 2.12 bits per heavy atom. The van der Waals surface area contributed by atoms with Crippen molar-refractivity contribution in [2.45, 2.75) is 0 Å². The molecule has 1 amide bonds. The number of benzene rings is 1. The van der Waals surface area contributed by atoms with Crippen molar-refractivity contribution in [2.24, 2.45) is 0 Å². The molecular weight excluding hydrogens is 440 g/mol. The monoisotopic (exact) mass is 457 g/mol. The number of ether oxygens (including phenoxy) is 2. The molecule has 1 aliphatic rings. The minimum Gasteiger partial charge on any atom is -0.480 e. The van der Waals surface area contributed by atoms with Gasteiger partial charge in [0, 0.05) is 28.5 Å². The van der Waals surface area contributed by atoms with Gasteiger partial charge in [0.25, 0.3) is 5.91 Å². The third kappa shape index (κ3) is 4.01. The number of aromatic nitrogens is 1. The molecule has 1 aromatic heterocycles. The lowest BCUT2D eigenvalue weighted by Gasteiger charge is -2.29. The number of methoxy groups -OCH3 is 1. The second-order valence-electron chi connectivity index (χ2n) is 5.40. The minimum atomic E-state index is -0.395. The van der Waals surface area contributed by atoms with E-state index in [9.17, 15) is 9.18 Å². The van der Waals surface area contributed by atoms with Gasteiger partial charge in [-0.3, -0.25) is 4.79 Å². The highest BCUT2D eigenvalue weighted by atomic mass is 127. The second-order valence-corrected chi connectivity index (χ2v) is 6.56. The van der Waals surface area contributed by atoms with Crippen molar-refractivity contribution < 1.29 is 18.7 Å². The maximum Gasteiger partial charge on any atom is 0.262 e. The van der Waals surface area contributed by atoms with Gasteiger partial charge >= 0.3 is 0 Å². The van der Waals surface area contributed by atoms with Crippen molar-refractivity contribution in [2.75, 3.05) is 43.6 Å². The van der Waals surface area contributed by atoms with Crippen LogP contribution in [0.15, 0.2) is 30.5 Å². The van der Waals surface area contributed by atoms with Crippen molar-refractivity contribution in [3.63, 3.8) is 0 Å². The molecule has 0 bridgehead atoms. The average molecular weight is 457 g/mol. The van der Waals surface area contributed by atoms with Gasteiger partial charge in [0.1, 0.15) is 11.4 Å². The first-order valence-electron chi connectivity index (χ1n) is 7.72. The minimum absolute atomic E-state index is 0.231. The van der Waals surface area contributed by atoms with E-state index in [-0.39, 0.29) is 11.7 Å². The van der Waals surface area contributed by atoms with E-state index in [0.29, 0.717) is 46.8 Å². The number of morpholine rings is 1. The number of hydrogen-bond acceptors (Lipinski definition) is 5. The van der Waals surface area contributed by atoms with Crippen LogP contribution in [0.4, 0.5) is 15.8 Å². The molecule has 0 unspecified atom stereocenters. The highest BCUT2D eigenvalue weighted by molar-refractivity contribution is 14.1. The van der Waals surface area contributed by atoms with E-state index in [2.05, 4.69) is 10.3 Å². The number of nitrogens with zero attached hydrogens (tertiary/aromatic N) is 2. The number of rotatable bonds is 4. The zero-order valence-electron chi connectivity index (χ0n) is 13.6. The zero-order chi connectivity index (χ0) is 17.8. The van der Waals surface area contributed by atoms with Crippen LogP contribution >= 0.6 is 22.6 Å². The molecule has 0 spiro atoms.